The zero-order valence-electron chi connectivity index (χ0n) is 18.6. The fourth-order valence-electron chi connectivity index (χ4n) is 3.36. The van der Waals surface area contributed by atoms with Gasteiger partial charge in [-0.1, -0.05) is 81.6 Å². The van der Waals surface area contributed by atoms with E-state index in [0.717, 1.165) is 6.54 Å². The Morgan fingerprint density at radius 3 is 2.04 bits per heavy atom. The van der Waals surface area contributed by atoms with Gasteiger partial charge in [0.2, 0.25) is 0 Å². The molecule has 1 rings (SSSR count). The topological polar surface area (TPSA) is 25.2 Å². The van der Waals surface area contributed by atoms with Gasteiger partial charge in [0.05, 0.1) is 0 Å². The number of nitrogens with zero attached hydrogens (tertiary/aromatic N) is 2. The predicted molar refractivity (Wildman–Crippen MR) is 125 cm³/mol. The summed E-state index contributed by atoms with van der Waals surface area (Å²) in [6.45, 7) is 7.29. The number of aromatic nitrogens is 1. The summed E-state index contributed by atoms with van der Waals surface area (Å²) in [6.07, 6.45) is 26.4. The van der Waals surface area contributed by atoms with Gasteiger partial charge in [0.1, 0.15) is 0 Å². The largest absolute Gasteiger partial charge is 0.293 e. The normalized spacial score (nSPS) is 12.8. The molecule has 0 amide bonds. The molecule has 2 heteroatoms. The fraction of sp³-hybridized carbons (Fsp3) is 0.615. The summed E-state index contributed by atoms with van der Waals surface area (Å²) in [5.41, 5.74) is 3.92. The van der Waals surface area contributed by atoms with E-state index in [-0.39, 0.29) is 0 Å². The summed E-state index contributed by atoms with van der Waals surface area (Å²) in [5, 5.41) is 0. The first-order valence-electron chi connectivity index (χ1n) is 11.4. The molecule has 0 saturated carbocycles. The molecule has 2 nitrogen and oxygen atoms in total. The lowest BCUT2D eigenvalue weighted by Crippen LogP contribution is -1.87. The molecular weight excluding hydrogens is 340 g/mol. The van der Waals surface area contributed by atoms with Crippen LogP contribution in [0, 0.1) is 0 Å². The van der Waals surface area contributed by atoms with Crippen molar-refractivity contribution in [2.75, 3.05) is 6.54 Å². The molecule has 0 aliphatic rings. The van der Waals surface area contributed by atoms with Gasteiger partial charge in [-0.3, -0.25) is 9.98 Å². The Labute approximate surface area is 174 Å². The average Bonchev–Trinajstić information content (AvgIpc) is 2.71. The first kappa shape index (κ1) is 24.3. The van der Waals surface area contributed by atoms with Gasteiger partial charge in [0.15, 0.2) is 0 Å². The Morgan fingerprint density at radius 2 is 1.46 bits per heavy atom. The number of rotatable bonds is 16. The fourth-order valence-corrected chi connectivity index (χ4v) is 3.36. The van der Waals surface area contributed by atoms with Crippen LogP contribution < -0.4 is 0 Å². The third-order valence-electron chi connectivity index (χ3n) is 5.18. The van der Waals surface area contributed by atoms with Gasteiger partial charge in [-0.25, -0.2) is 0 Å². The molecule has 0 radical (unpaired) electrons. The van der Waals surface area contributed by atoms with E-state index in [9.17, 15) is 0 Å². The molecule has 28 heavy (non-hydrogen) atoms. The van der Waals surface area contributed by atoms with Gasteiger partial charge in [0.25, 0.3) is 0 Å². The lowest BCUT2D eigenvalue weighted by Gasteiger charge is -2.03. The van der Waals surface area contributed by atoms with Crippen molar-refractivity contribution in [1.29, 1.82) is 0 Å². The third kappa shape index (κ3) is 14.4. The predicted octanol–water partition coefficient (Wildman–Crippen LogP) is 7.90. The van der Waals surface area contributed by atoms with Crippen LogP contribution in [-0.4, -0.2) is 17.7 Å². The van der Waals surface area contributed by atoms with E-state index in [1.807, 2.05) is 24.7 Å². The molecule has 0 fully saturated rings. The van der Waals surface area contributed by atoms with Crippen LogP contribution >= 0.6 is 0 Å². The van der Waals surface area contributed by atoms with Crippen LogP contribution in [0.2, 0.25) is 0 Å². The second-order valence-electron chi connectivity index (χ2n) is 7.96. The minimum atomic E-state index is 0.971. The van der Waals surface area contributed by atoms with E-state index in [4.69, 9.17) is 0 Å². The molecule has 0 saturated heterocycles. The van der Waals surface area contributed by atoms with Crippen LogP contribution in [0.25, 0.3) is 0 Å². The number of hydrogen-bond donors (Lipinski definition) is 0. The zero-order valence-corrected chi connectivity index (χ0v) is 18.6. The Kier molecular flexibility index (Phi) is 15.1. The van der Waals surface area contributed by atoms with E-state index in [0.29, 0.717) is 0 Å². The smallest absolute Gasteiger partial charge is 0.0389 e. The summed E-state index contributed by atoms with van der Waals surface area (Å²) in [7, 11) is 0. The number of allylic oxidation sites excluding steroid dienone is 4. The van der Waals surface area contributed by atoms with Gasteiger partial charge >= 0.3 is 0 Å². The number of hydrogen-bond acceptors (Lipinski definition) is 2. The van der Waals surface area contributed by atoms with E-state index in [1.165, 1.54) is 93.8 Å². The number of aryl methyl sites for hydroxylation is 1. The van der Waals surface area contributed by atoms with Crippen LogP contribution in [0.5, 0.6) is 0 Å². The molecule has 1 aromatic rings. The van der Waals surface area contributed by atoms with Crippen molar-refractivity contribution >= 4 is 6.21 Å². The van der Waals surface area contributed by atoms with Crippen molar-refractivity contribution in [3.05, 3.63) is 53.4 Å². The molecule has 0 unspecified atom stereocenters. The molecule has 0 bridgehead atoms. The first-order valence-corrected chi connectivity index (χ1v) is 11.4. The summed E-state index contributed by atoms with van der Waals surface area (Å²) in [5.74, 6) is 0. The maximum absolute atomic E-state index is 4.54. The van der Waals surface area contributed by atoms with E-state index in [1.54, 1.807) is 0 Å². The average molecular weight is 383 g/mol. The summed E-state index contributed by atoms with van der Waals surface area (Å²) >= 11 is 0. The highest BCUT2D eigenvalue weighted by Crippen LogP contribution is 2.12. The van der Waals surface area contributed by atoms with Crippen molar-refractivity contribution in [1.82, 2.24) is 4.98 Å². The van der Waals surface area contributed by atoms with Gasteiger partial charge in [-0.15, -0.1) is 0 Å². The van der Waals surface area contributed by atoms with Crippen molar-refractivity contribution in [2.24, 2.45) is 4.99 Å². The molecule has 0 aromatic carbocycles. The highest BCUT2D eigenvalue weighted by Gasteiger charge is 1.95. The zero-order chi connectivity index (χ0) is 20.3. The van der Waals surface area contributed by atoms with E-state index >= 15 is 0 Å². The Hall–Kier alpha value is -1.70. The van der Waals surface area contributed by atoms with Crippen LogP contribution in [0.4, 0.5) is 0 Å². The monoisotopic (exact) mass is 382 g/mol. The van der Waals surface area contributed by atoms with Gasteiger partial charge in [-0.05, 0) is 57.2 Å². The van der Waals surface area contributed by atoms with Gasteiger partial charge < -0.3 is 0 Å². The minimum absolute atomic E-state index is 0.971. The highest BCUT2D eigenvalue weighted by molar-refractivity contribution is 5.78. The summed E-state index contributed by atoms with van der Waals surface area (Å²) in [6, 6.07) is 4.22. The van der Waals surface area contributed by atoms with Crippen molar-refractivity contribution in [2.45, 2.75) is 97.8 Å². The molecular formula is C26H42N2. The number of unbranched alkanes of at least 4 members (excludes halogenated alkanes) is 10. The van der Waals surface area contributed by atoms with Crippen LogP contribution in [0.3, 0.4) is 0 Å². The molecule has 0 aliphatic carbocycles. The molecule has 0 aliphatic heterocycles. The Morgan fingerprint density at radius 1 is 0.857 bits per heavy atom. The lowest BCUT2D eigenvalue weighted by atomic mass is 10.0. The molecule has 0 N–H and O–H groups in total. The van der Waals surface area contributed by atoms with E-state index in [2.05, 4.69) is 49.0 Å². The molecule has 0 atom stereocenters. The summed E-state index contributed by atoms with van der Waals surface area (Å²) < 4.78 is 0. The standard InChI is InChI=1S/C26H42N2/c1-4-24(2)21-25(3)22-27-19-15-13-11-9-7-5-6-8-10-12-14-17-26-18-16-20-28-23-26/h4,16,18,20-23H,5-15,17,19H2,1-3H3/b24-4-,25-21-,27-22+. The van der Waals surface area contributed by atoms with Crippen molar-refractivity contribution in [3.8, 4) is 0 Å². The first-order chi connectivity index (χ1) is 13.7. The second-order valence-corrected chi connectivity index (χ2v) is 7.96. The SMILES string of the molecule is C\C=C(C)/C=C(C)\C=N\CCCCCCCCCCCCCc1cccnc1. The van der Waals surface area contributed by atoms with Crippen molar-refractivity contribution < 1.29 is 0 Å². The van der Waals surface area contributed by atoms with Crippen LogP contribution in [0.15, 0.2) is 52.8 Å². The molecule has 1 aromatic heterocycles. The Balaban J connectivity index is 1.82. The number of aliphatic imine (C=N–C) groups is 1. The quantitative estimate of drug-likeness (QED) is 0.162. The lowest BCUT2D eigenvalue weighted by molar-refractivity contribution is 0.547. The van der Waals surface area contributed by atoms with E-state index < -0.39 is 0 Å². The van der Waals surface area contributed by atoms with Gasteiger partial charge in [0, 0.05) is 25.2 Å². The van der Waals surface area contributed by atoms with Crippen LogP contribution in [-0.2, 0) is 6.42 Å². The minimum Gasteiger partial charge on any atom is -0.293 e. The Bertz CT molecular complexity index is 569. The number of pyridine rings is 1. The third-order valence-corrected chi connectivity index (χ3v) is 5.18. The van der Waals surface area contributed by atoms with Crippen molar-refractivity contribution in [3.63, 3.8) is 0 Å². The second kappa shape index (κ2) is 17.4. The molecule has 0 spiro atoms. The maximum Gasteiger partial charge on any atom is 0.0389 e. The molecule has 156 valence electrons. The molecule has 1 heterocycles. The van der Waals surface area contributed by atoms with Gasteiger partial charge in [-0.2, -0.15) is 0 Å². The highest BCUT2D eigenvalue weighted by atomic mass is 14.7. The maximum atomic E-state index is 4.54. The summed E-state index contributed by atoms with van der Waals surface area (Å²) in [4.78, 5) is 8.71. The van der Waals surface area contributed by atoms with Crippen LogP contribution in [0.1, 0.15) is 97.0 Å².